The van der Waals surface area contributed by atoms with Crippen LogP contribution in [0.5, 0.6) is 0 Å². The molecule has 5 unspecified atom stereocenters. The Morgan fingerprint density at radius 3 is 2.48 bits per heavy atom. The van der Waals surface area contributed by atoms with Crippen molar-refractivity contribution in [3.63, 3.8) is 0 Å². The van der Waals surface area contributed by atoms with E-state index in [4.69, 9.17) is 4.74 Å². The van der Waals surface area contributed by atoms with Crippen molar-refractivity contribution >= 4 is 5.78 Å². The maximum Gasteiger partial charge on any atom is 0.170 e. The van der Waals surface area contributed by atoms with Gasteiger partial charge in [0.2, 0.25) is 0 Å². The van der Waals surface area contributed by atoms with Gasteiger partial charge in [-0.1, -0.05) is 20.8 Å². The molecular weight excluding hydrogens is 320 g/mol. The molecule has 2 bridgehead atoms. The number of Topliss-reactive ketones (excluding diaryl/α,β-unsaturated/α-hetero) is 1. The first kappa shape index (κ1) is 17.9. The van der Waals surface area contributed by atoms with E-state index in [1.807, 2.05) is 20.8 Å². The van der Waals surface area contributed by atoms with Crippen LogP contribution in [0.3, 0.4) is 0 Å². The van der Waals surface area contributed by atoms with Gasteiger partial charge in [-0.05, 0) is 43.4 Å². The van der Waals surface area contributed by atoms with Crippen LogP contribution in [0.2, 0.25) is 0 Å². The van der Waals surface area contributed by atoms with Crippen LogP contribution in [0, 0.1) is 34.5 Å². The molecule has 5 nitrogen and oxygen atoms in total. The van der Waals surface area contributed by atoms with Gasteiger partial charge in [0.25, 0.3) is 0 Å². The number of hydrogen-bond acceptors (Lipinski definition) is 5. The minimum absolute atomic E-state index is 0.0255. The molecule has 4 aliphatic rings. The van der Waals surface area contributed by atoms with Crippen LogP contribution in [-0.2, 0) is 9.53 Å². The van der Waals surface area contributed by atoms with Crippen LogP contribution in [0.15, 0.2) is 0 Å². The predicted molar refractivity (Wildman–Crippen MR) is 91.7 cm³/mol. The Kier molecular flexibility index (Phi) is 3.78. The third-order valence-electron chi connectivity index (χ3n) is 8.77. The number of ether oxygens (including phenoxy) is 1. The van der Waals surface area contributed by atoms with E-state index in [9.17, 15) is 20.1 Å². The molecule has 1 aliphatic heterocycles. The van der Waals surface area contributed by atoms with Crippen LogP contribution < -0.4 is 0 Å². The number of ketones is 1. The van der Waals surface area contributed by atoms with E-state index in [2.05, 4.69) is 6.92 Å². The number of fused-ring (bicyclic) bond motifs is 5. The molecule has 5 heteroatoms. The summed E-state index contributed by atoms with van der Waals surface area (Å²) in [5, 5.41) is 33.6. The summed E-state index contributed by atoms with van der Waals surface area (Å²) in [7, 11) is 0. The molecule has 25 heavy (non-hydrogen) atoms. The number of carbonyl (C=O) groups excluding carboxylic acids is 1. The lowest BCUT2D eigenvalue weighted by Crippen LogP contribution is -2.70. The molecule has 9 atom stereocenters. The van der Waals surface area contributed by atoms with Crippen molar-refractivity contribution in [1.82, 2.24) is 0 Å². The minimum Gasteiger partial charge on any atom is -0.392 e. The lowest BCUT2D eigenvalue weighted by molar-refractivity contribution is -0.259. The molecule has 142 valence electrons. The maximum absolute atomic E-state index is 13.4. The summed E-state index contributed by atoms with van der Waals surface area (Å²) in [6.45, 7) is 8.46. The Morgan fingerprint density at radius 2 is 1.88 bits per heavy atom. The number of rotatable bonds is 0. The molecule has 0 amide bonds. The fourth-order valence-electron chi connectivity index (χ4n) is 6.73. The van der Waals surface area contributed by atoms with Gasteiger partial charge < -0.3 is 20.1 Å². The Morgan fingerprint density at radius 1 is 1.20 bits per heavy atom. The molecule has 0 aromatic heterocycles. The van der Waals surface area contributed by atoms with Gasteiger partial charge in [-0.2, -0.15) is 0 Å². The zero-order valence-electron chi connectivity index (χ0n) is 15.7. The summed E-state index contributed by atoms with van der Waals surface area (Å²) in [4.78, 5) is 13.4. The summed E-state index contributed by atoms with van der Waals surface area (Å²) < 4.78 is 5.62. The normalized spacial score (nSPS) is 57.6. The molecule has 1 heterocycles. The van der Waals surface area contributed by atoms with E-state index < -0.39 is 28.6 Å². The summed E-state index contributed by atoms with van der Waals surface area (Å²) in [6, 6.07) is 0. The van der Waals surface area contributed by atoms with Gasteiger partial charge in [0.15, 0.2) is 5.78 Å². The standard InChI is InChI=1S/C20H32O5/c1-10-5-6-20(24)8-12-11-9-25-13(11)7-14(21)19(12,4)17(23)16(22)15(10)18(20,2)3/h10-16,21-22,24H,5-9H2,1-4H3/t10?,11?,12?,13?,14-,15?,16+,19-,20+/m0/s1. The van der Waals surface area contributed by atoms with Crippen LogP contribution in [0.25, 0.3) is 0 Å². The average Bonchev–Trinajstić information content (AvgIpc) is 2.51. The highest BCUT2D eigenvalue weighted by Gasteiger charge is 2.67. The van der Waals surface area contributed by atoms with Crippen molar-refractivity contribution in [2.75, 3.05) is 6.61 Å². The van der Waals surface area contributed by atoms with E-state index in [1.165, 1.54) is 0 Å². The second kappa shape index (κ2) is 5.28. The molecule has 0 radical (unpaired) electrons. The highest BCUT2D eigenvalue weighted by Crippen LogP contribution is 2.62. The van der Waals surface area contributed by atoms with E-state index in [1.54, 1.807) is 0 Å². The van der Waals surface area contributed by atoms with Crippen LogP contribution in [-0.4, -0.2) is 51.6 Å². The molecule has 4 fully saturated rings. The number of carbonyl (C=O) groups is 1. The van der Waals surface area contributed by atoms with E-state index in [-0.39, 0.29) is 35.6 Å². The largest absolute Gasteiger partial charge is 0.392 e. The van der Waals surface area contributed by atoms with E-state index in [0.29, 0.717) is 25.9 Å². The molecule has 3 saturated carbocycles. The van der Waals surface area contributed by atoms with Gasteiger partial charge in [0.1, 0.15) is 6.10 Å². The molecule has 3 aliphatic carbocycles. The van der Waals surface area contributed by atoms with Crippen LogP contribution in [0.4, 0.5) is 0 Å². The summed E-state index contributed by atoms with van der Waals surface area (Å²) in [5.41, 5.74) is -2.50. The van der Waals surface area contributed by atoms with Gasteiger partial charge in [-0.25, -0.2) is 0 Å². The lowest BCUT2D eigenvalue weighted by Gasteiger charge is -2.64. The highest BCUT2D eigenvalue weighted by atomic mass is 16.5. The highest BCUT2D eigenvalue weighted by molar-refractivity contribution is 5.90. The third kappa shape index (κ3) is 2.07. The smallest absolute Gasteiger partial charge is 0.170 e. The molecule has 0 aromatic rings. The van der Waals surface area contributed by atoms with Gasteiger partial charge in [-0.15, -0.1) is 0 Å². The third-order valence-corrected chi connectivity index (χ3v) is 8.77. The monoisotopic (exact) mass is 352 g/mol. The summed E-state index contributed by atoms with van der Waals surface area (Å²) in [5.74, 6) is -0.339. The van der Waals surface area contributed by atoms with Crippen LogP contribution >= 0.6 is 0 Å². The van der Waals surface area contributed by atoms with E-state index >= 15 is 0 Å². The molecule has 0 spiro atoms. The topological polar surface area (TPSA) is 87.0 Å². The average molecular weight is 352 g/mol. The second-order valence-electron chi connectivity index (χ2n) is 9.98. The first-order valence-electron chi connectivity index (χ1n) is 9.78. The quantitative estimate of drug-likeness (QED) is 0.615. The summed E-state index contributed by atoms with van der Waals surface area (Å²) in [6.07, 6.45) is 0.435. The van der Waals surface area contributed by atoms with Crippen molar-refractivity contribution in [3.8, 4) is 0 Å². The zero-order valence-corrected chi connectivity index (χ0v) is 15.7. The first-order chi connectivity index (χ1) is 11.5. The van der Waals surface area contributed by atoms with Gasteiger partial charge in [0, 0.05) is 18.3 Å². The van der Waals surface area contributed by atoms with Crippen molar-refractivity contribution in [3.05, 3.63) is 0 Å². The first-order valence-corrected chi connectivity index (χ1v) is 9.78. The Labute approximate surface area is 149 Å². The zero-order chi connectivity index (χ0) is 18.4. The Bertz CT molecular complexity index is 589. The van der Waals surface area contributed by atoms with Gasteiger partial charge >= 0.3 is 0 Å². The van der Waals surface area contributed by atoms with Crippen molar-refractivity contribution in [2.24, 2.45) is 34.5 Å². The van der Waals surface area contributed by atoms with E-state index in [0.717, 1.165) is 6.42 Å². The SMILES string of the molecule is CC1CC[C@@]2(O)CC3C4COC4C[C@H](O)[C@@]3(C)C(=O)[C@H](O)C1C2(C)C. The maximum atomic E-state index is 13.4. The molecular formula is C20H32O5. The molecule has 3 N–H and O–H groups in total. The molecule has 0 aromatic carbocycles. The number of aliphatic hydroxyl groups is 3. The molecule has 4 rings (SSSR count). The van der Waals surface area contributed by atoms with Crippen LogP contribution in [0.1, 0.15) is 53.4 Å². The fourth-order valence-corrected chi connectivity index (χ4v) is 6.73. The lowest BCUT2D eigenvalue weighted by atomic mass is 9.44. The Hall–Kier alpha value is -0.490. The van der Waals surface area contributed by atoms with Crippen molar-refractivity contribution < 1.29 is 24.9 Å². The fraction of sp³-hybridized carbons (Fsp3) is 0.950. The van der Waals surface area contributed by atoms with Crippen molar-refractivity contribution in [2.45, 2.75) is 77.3 Å². The predicted octanol–water partition coefficient (Wildman–Crippen LogP) is 1.53. The Balaban J connectivity index is 1.85. The number of aliphatic hydroxyl groups excluding tert-OH is 2. The summed E-state index contributed by atoms with van der Waals surface area (Å²) >= 11 is 0. The second-order valence-corrected chi connectivity index (χ2v) is 9.98. The van der Waals surface area contributed by atoms with Crippen molar-refractivity contribution in [1.29, 1.82) is 0 Å². The van der Waals surface area contributed by atoms with Gasteiger partial charge in [-0.3, -0.25) is 4.79 Å². The minimum atomic E-state index is -1.14. The molecule has 1 saturated heterocycles. The van der Waals surface area contributed by atoms with Gasteiger partial charge in [0.05, 0.1) is 29.8 Å². The number of hydrogen-bond donors (Lipinski definition) is 3.